The van der Waals surface area contributed by atoms with Crippen LogP contribution in [0.25, 0.3) is 0 Å². The highest BCUT2D eigenvalue weighted by atomic mass is 19.4. The van der Waals surface area contributed by atoms with Crippen LogP contribution in [0.5, 0.6) is 0 Å². The number of likely N-dealkylation sites (tertiary alicyclic amines) is 1. The average Bonchev–Trinajstić information content (AvgIpc) is 2.26. The number of carboxylic acid groups (broad SMARTS) is 1. The average molecular weight is 289 g/mol. The smallest absolute Gasteiger partial charge is 0.463 e. The SMILES string of the molecule is O=C(O)CC1CCCCN1C(=O)C(F)(F)C(F)(F)F. The van der Waals surface area contributed by atoms with Gasteiger partial charge in [-0.2, -0.15) is 22.0 Å². The second-order valence-electron chi connectivity index (χ2n) is 4.32. The zero-order valence-electron chi connectivity index (χ0n) is 9.71. The predicted molar refractivity (Wildman–Crippen MR) is 52.6 cm³/mol. The molecule has 0 aromatic carbocycles. The van der Waals surface area contributed by atoms with Crippen molar-refractivity contribution in [3.63, 3.8) is 0 Å². The summed E-state index contributed by atoms with van der Waals surface area (Å²) in [5, 5.41) is 8.58. The van der Waals surface area contributed by atoms with Gasteiger partial charge in [0.2, 0.25) is 0 Å². The molecule has 0 spiro atoms. The normalized spacial score (nSPS) is 21.3. The first kappa shape index (κ1) is 15.6. The predicted octanol–water partition coefficient (Wildman–Crippen LogP) is 2.04. The van der Waals surface area contributed by atoms with Gasteiger partial charge in [0.15, 0.2) is 0 Å². The molecule has 0 bridgehead atoms. The van der Waals surface area contributed by atoms with Crippen molar-refractivity contribution >= 4 is 11.9 Å². The Morgan fingerprint density at radius 3 is 2.21 bits per heavy atom. The number of carbonyl (C=O) groups is 2. The highest BCUT2D eigenvalue weighted by molar-refractivity contribution is 5.85. The first-order chi connectivity index (χ1) is 8.57. The van der Waals surface area contributed by atoms with E-state index in [0.29, 0.717) is 11.3 Å². The van der Waals surface area contributed by atoms with Crippen LogP contribution in [-0.2, 0) is 9.59 Å². The quantitative estimate of drug-likeness (QED) is 0.809. The van der Waals surface area contributed by atoms with Crippen molar-refractivity contribution in [1.29, 1.82) is 0 Å². The van der Waals surface area contributed by atoms with E-state index in [-0.39, 0.29) is 19.4 Å². The molecule has 4 nitrogen and oxygen atoms in total. The van der Waals surface area contributed by atoms with E-state index in [4.69, 9.17) is 5.11 Å². The molecule has 1 aliphatic heterocycles. The summed E-state index contributed by atoms with van der Waals surface area (Å²) in [7, 11) is 0. The van der Waals surface area contributed by atoms with E-state index in [1.807, 2.05) is 0 Å². The van der Waals surface area contributed by atoms with Crippen LogP contribution in [0.1, 0.15) is 25.7 Å². The van der Waals surface area contributed by atoms with Gasteiger partial charge in [0.25, 0.3) is 0 Å². The second-order valence-corrected chi connectivity index (χ2v) is 4.32. The van der Waals surface area contributed by atoms with Crippen LogP contribution < -0.4 is 0 Å². The molecule has 0 aliphatic carbocycles. The highest BCUT2D eigenvalue weighted by Crippen LogP contribution is 2.38. The number of amides is 1. The lowest BCUT2D eigenvalue weighted by molar-refractivity contribution is -0.275. The molecule has 0 saturated carbocycles. The first-order valence-corrected chi connectivity index (χ1v) is 5.54. The van der Waals surface area contributed by atoms with E-state index in [9.17, 15) is 31.5 Å². The molecular weight excluding hydrogens is 277 g/mol. The standard InChI is InChI=1S/C10H12F5NO3/c11-9(12,10(13,14)15)8(19)16-4-2-1-3-6(16)5-7(17)18/h6H,1-5H2,(H,17,18). The summed E-state index contributed by atoms with van der Waals surface area (Å²) in [4.78, 5) is 22.2. The number of nitrogens with zero attached hydrogens (tertiary/aromatic N) is 1. The van der Waals surface area contributed by atoms with Crippen LogP contribution in [0.2, 0.25) is 0 Å². The Hall–Kier alpha value is -1.41. The number of hydrogen-bond acceptors (Lipinski definition) is 2. The summed E-state index contributed by atoms with van der Waals surface area (Å²) < 4.78 is 62.3. The van der Waals surface area contributed by atoms with E-state index in [0.717, 1.165) is 0 Å². The number of alkyl halides is 5. The summed E-state index contributed by atoms with van der Waals surface area (Å²) in [5.74, 6) is -9.20. The summed E-state index contributed by atoms with van der Waals surface area (Å²) >= 11 is 0. The molecular formula is C10H12F5NO3. The van der Waals surface area contributed by atoms with Crippen molar-refractivity contribution in [2.75, 3.05) is 6.54 Å². The minimum atomic E-state index is -5.98. The monoisotopic (exact) mass is 289 g/mol. The number of rotatable bonds is 3. The number of piperidine rings is 1. The molecule has 1 aliphatic rings. The molecule has 1 saturated heterocycles. The molecule has 1 fully saturated rings. The third kappa shape index (κ3) is 3.32. The van der Waals surface area contributed by atoms with Gasteiger partial charge in [-0.1, -0.05) is 0 Å². The number of aliphatic carboxylic acids is 1. The fourth-order valence-electron chi connectivity index (χ4n) is 1.98. The first-order valence-electron chi connectivity index (χ1n) is 5.54. The lowest BCUT2D eigenvalue weighted by Crippen LogP contribution is -2.56. The molecule has 0 aromatic heterocycles. The third-order valence-electron chi connectivity index (χ3n) is 2.92. The van der Waals surface area contributed by atoms with Gasteiger partial charge in [0.1, 0.15) is 0 Å². The van der Waals surface area contributed by atoms with Crippen molar-refractivity contribution < 1.29 is 36.6 Å². The van der Waals surface area contributed by atoms with Gasteiger partial charge in [-0.15, -0.1) is 0 Å². The molecule has 19 heavy (non-hydrogen) atoms. The summed E-state index contributed by atoms with van der Waals surface area (Å²) in [6, 6.07) is -1.12. The number of halogens is 5. The lowest BCUT2D eigenvalue weighted by atomic mass is 9.98. The maximum Gasteiger partial charge on any atom is 0.463 e. The molecule has 110 valence electrons. The van der Waals surface area contributed by atoms with E-state index >= 15 is 0 Å². The Balaban J connectivity index is 2.91. The number of carboxylic acids is 1. The molecule has 1 unspecified atom stereocenters. The maximum absolute atomic E-state index is 13.0. The Kier molecular flexibility index (Phi) is 4.36. The van der Waals surface area contributed by atoms with Gasteiger partial charge in [0, 0.05) is 12.6 Å². The lowest BCUT2D eigenvalue weighted by Gasteiger charge is -2.37. The van der Waals surface area contributed by atoms with Crippen molar-refractivity contribution in [1.82, 2.24) is 4.90 Å². The van der Waals surface area contributed by atoms with Crippen molar-refractivity contribution in [2.24, 2.45) is 0 Å². The van der Waals surface area contributed by atoms with Crippen LogP contribution in [0.15, 0.2) is 0 Å². The Morgan fingerprint density at radius 2 is 1.74 bits per heavy atom. The molecule has 1 rings (SSSR count). The molecule has 9 heteroatoms. The van der Waals surface area contributed by atoms with E-state index in [2.05, 4.69) is 0 Å². The van der Waals surface area contributed by atoms with Crippen LogP contribution in [-0.4, -0.2) is 46.6 Å². The van der Waals surface area contributed by atoms with Gasteiger partial charge in [-0.3, -0.25) is 9.59 Å². The maximum atomic E-state index is 13.0. The van der Waals surface area contributed by atoms with E-state index in [1.54, 1.807) is 0 Å². The van der Waals surface area contributed by atoms with Crippen LogP contribution >= 0.6 is 0 Å². The summed E-state index contributed by atoms with van der Waals surface area (Å²) in [6.07, 6.45) is -5.75. The molecule has 1 heterocycles. The minimum absolute atomic E-state index is 0.103. The molecule has 1 N–H and O–H groups in total. The van der Waals surface area contributed by atoms with Crippen LogP contribution in [0.3, 0.4) is 0 Å². The third-order valence-corrected chi connectivity index (χ3v) is 2.92. The summed E-state index contributed by atoms with van der Waals surface area (Å²) in [6.45, 7) is -0.289. The zero-order valence-corrected chi connectivity index (χ0v) is 9.71. The van der Waals surface area contributed by atoms with E-state index in [1.165, 1.54) is 0 Å². The molecule has 1 atom stereocenters. The fraction of sp³-hybridized carbons (Fsp3) is 0.800. The minimum Gasteiger partial charge on any atom is -0.481 e. The van der Waals surface area contributed by atoms with Crippen molar-refractivity contribution in [3.05, 3.63) is 0 Å². The van der Waals surface area contributed by atoms with Gasteiger partial charge in [0.05, 0.1) is 6.42 Å². The fourth-order valence-corrected chi connectivity index (χ4v) is 1.98. The van der Waals surface area contributed by atoms with Crippen molar-refractivity contribution in [2.45, 2.75) is 43.8 Å². The largest absolute Gasteiger partial charge is 0.481 e. The Labute approximate surface area is 105 Å². The van der Waals surface area contributed by atoms with Crippen molar-refractivity contribution in [3.8, 4) is 0 Å². The topological polar surface area (TPSA) is 57.6 Å². The van der Waals surface area contributed by atoms with Gasteiger partial charge in [-0.05, 0) is 19.3 Å². The molecule has 1 amide bonds. The summed E-state index contributed by atoms with van der Waals surface area (Å²) in [5.41, 5.74) is 0. The van der Waals surface area contributed by atoms with Gasteiger partial charge in [-0.25, -0.2) is 0 Å². The van der Waals surface area contributed by atoms with E-state index < -0.39 is 36.4 Å². The number of hydrogen-bond donors (Lipinski definition) is 1. The molecule has 0 radical (unpaired) electrons. The Bertz CT molecular complexity index is 369. The zero-order chi connectivity index (χ0) is 14.8. The number of carbonyl (C=O) groups excluding carboxylic acids is 1. The van der Waals surface area contributed by atoms with Crippen LogP contribution in [0, 0.1) is 0 Å². The second kappa shape index (κ2) is 5.30. The molecule has 0 aromatic rings. The van der Waals surface area contributed by atoms with Crippen LogP contribution in [0.4, 0.5) is 22.0 Å². The van der Waals surface area contributed by atoms with Gasteiger partial charge >= 0.3 is 24.0 Å². The van der Waals surface area contributed by atoms with Gasteiger partial charge < -0.3 is 10.0 Å². The highest BCUT2D eigenvalue weighted by Gasteiger charge is 2.65. The Morgan fingerprint density at radius 1 is 1.16 bits per heavy atom.